The lowest BCUT2D eigenvalue weighted by molar-refractivity contribution is -0.113. The molecular weight excluding hydrogens is 310 g/mol. The highest BCUT2D eigenvalue weighted by Crippen LogP contribution is 2.31. The van der Waals surface area contributed by atoms with Gasteiger partial charge >= 0.3 is 0 Å². The summed E-state index contributed by atoms with van der Waals surface area (Å²) in [5.74, 6) is 0.417. The van der Waals surface area contributed by atoms with Crippen LogP contribution in [-0.2, 0) is 4.79 Å². The molecule has 0 saturated heterocycles. The molecule has 0 saturated carbocycles. The van der Waals surface area contributed by atoms with Crippen LogP contribution in [0.5, 0.6) is 0 Å². The Morgan fingerprint density at radius 1 is 0.955 bits per heavy atom. The molecule has 1 heterocycles. The number of benzene rings is 2. The van der Waals surface area contributed by atoms with E-state index in [1.165, 1.54) is 0 Å². The SMILES string of the molecule is O=C(CSc1ccccc1)Nc1ccccc1-c1cccs1. The van der Waals surface area contributed by atoms with Gasteiger partial charge in [-0.3, -0.25) is 4.79 Å². The highest BCUT2D eigenvalue weighted by molar-refractivity contribution is 8.00. The van der Waals surface area contributed by atoms with Crippen LogP contribution in [0.25, 0.3) is 10.4 Å². The van der Waals surface area contributed by atoms with Crippen LogP contribution in [0, 0.1) is 0 Å². The van der Waals surface area contributed by atoms with Gasteiger partial charge in [0.05, 0.1) is 5.75 Å². The van der Waals surface area contributed by atoms with Gasteiger partial charge in [-0.25, -0.2) is 0 Å². The summed E-state index contributed by atoms with van der Waals surface area (Å²) in [5.41, 5.74) is 1.93. The Kier molecular flexibility index (Phi) is 4.93. The van der Waals surface area contributed by atoms with E-state index in [-0.39, 0.29) is 5.91 Å². The monoisotopic (exact) mass is 325 g/mol. The van der Waals surface area contributed by atoms with Gasteiger partial charge in [0.25, 0.3) is 0 Å². The van der Waals surface area contributed by atoms with Crippen LogP contribution >= 0.6 is 23.1 Å². The van der Waals surface area contributed by atoms with E-state index in [1.807, 2.05) is 66.0 Å². The Morgan fingerprint density at radius 3 is 2.50 bits per heavy atom. The number of carbonyl (C=O) groups is 1. The van der Waals surface area contributed by atoms with E-state index in [9.17, 15) is 4.79 Å². The van der Waals surface area contributed by atoms with Crippen LogP contribution in [0.4, 0.5) is 5.69 Å². The molecule has 1 amide bonds. The van der Waals surface area contributed by atoms with E-state index in [2.05, 4.69) is 11.4 Å². The Morgan fingerprint density at radius 2 is 1.73 bits per heavy atom. The first-order valence-electron chi connectivity index (χ1n) is 6.93. The molecule has 0 aliphatic carbocycles. The molecule has 110 valence electrons. The fourth-order valence-corrected chi connectivity index (χ4v) is 3.58. The minimum Gasteiger partial charge on any atom is -0.325 e. The minimum atomic E-state index is 0.0119. The molecule has 2 nitrogen and oxygen atoms in total. The number of nitrogens with one attached hydrogen (secondary N) is 1. The van der Waals surface area contributed by atoms with Gasteiger partial charge in [0, 0.05) is 21.0 Å². The number of thiophene rings is 1. The molecule has 1 aromatic heterocycles. The zero-order valence-electron chi connectivity index (χ0n) is 11.9. The summed E-state index contributed by atoms with van der Waals surface area (Å²) in [7, 11) is 0. The normalized spacial score (nSPS) is 10.4. The Bertz CT molecular complexity index is 739. The van der Waals surface area contributed by atoms with Gasteiger partial charge < -0.3 is 5.32 Å². The molecule has 2 aromatic carbocycles. The molecule has 3 rings (SSSR count). The first-order valence-corrected chi connectivity index (χ1v) is 8.80. The van der Waals surface area contributed by atoms with Crippen molar-refractivity contribution in [1.82, 2.24) is 0 Å². The van der Waals surface area contributed by atoms with E-state index in [0.29, 0.717) is 5.75 Å². The van der Waals surface area contributed by atoms with Gasteiger partial charge in [-0.2, -0.15) is 0 Å². The Labute approximate surface area is 138 Å². The molecule has 3 aromatic rings. The highest BCUT2D eigenvalue weighted by Gasteiger charge is 2.09. The van der Waals surface area contributed by atoms with Gasteiger partial charge in [-0.1, -0.05) is 42.5 Å². The van der Waals surface area contributed by atoms with Gasteiger partial charge in [0.2, 0.25) is 5.91 Å². The summed E-state index contributed by atoms with van der Waals surface area (Å²) in [6.45, 7) is 0. The van der Waals surface area contributed by atoms with Crippen LogP contribution in [-0.4, -0.2) is 11.7 Å². The molecule has 0 spiro atoms. The average molecular weight is 325 g/mol. The molecule has 0 radical (unpaired) electrons. The second-order valence-corrected chi connectivity index (χ2v) is 6.67. The molecule has 0 aliphatic heterocycles. The molecule has 0 fully saturated rings. The van der Waals surface area contributed by atoms with E-state index in [1.54, 1.807) is 23.1 Å². The van der Waals surface area contributed by atoms with Crippen molar-refractivity contribution in [2.75, 3.05) is 11.1 Å². The maximum Gasteiger partial charge on any atom is 0.234 e. The largest absolute Gasteiger partial charge is 0.325 e. The average Bonchev–Trinajstić information content (AvgIpc) is 3.09. The van der Waals surface area contributed by atoms with E-state index in [0.717, 1.165) is 21.0 Å². The molecule has 0 unspecified atom stereocenters. The van der Waals surface area contributed by atoms with Crippen molar-refractivity contribution in [3.05, 3.63) is 72.1 Å². The van der Waals surface area contributed by atoms with Crippen molar-refractivity contribution in [3.8, 4) is 10.4 Å². The molecule has 1 N–H and O–H groups in total. The van der Waals surface area contributed by atoms with Crippen LogP contribution in [0.1, 0.15) is 0 Å². The number of thioether (sulfide) groups is 1. The fraction of sp³-hybridized carbons (Fsp3) is 0.0556. The Hall–Kier alpha value is -2.04. The second-order valence-electron chi connectivity index (χ2n) is 4.67. The highest BCUT2D eigenvalue weighted by atomic mass is 32.2. The third-order valence-electron chi connectivity index (χ3n) is 3.10. The third-order valence-corrected chi connectivity index (χ3v) is 5.02. The lowest BCUT2D eigenvalue weighted by Gasteiger charge is -2.09. The molecule has 0 bridgehead atoms. The van der Waals surface area contributed by atoms with Gasteiger partial charge in [-0.05, 0) is 29.6 Å². The maximum absolute atomic E-state index is 12.2. The molecule has 0 aliphatic rings. The quantitative estimate of drug-likeness (QED) is 0.658. The molecule has 22 heavy (non-hydrogen) atoms. The number of para-hydroxylation sites is 1. The third kappa shape index (κ3) is 3.78. The van der Waals surface area contributed by atoms with E-state index >= 15 is 0 Å². The number of carbonyl (C=O) groups excluding carboxylic acids is 1. The molecule has 4 heteroatoms. The fourth-order valence-electron chi connectivity index (χ4n) is 2.09. The summed E-state index contributed by atoms with van der Waals surface area (Å²) in [4.78, 5) is 14.4. The van der Waals surface area contributed by atoms with Gasteiger partial charge in [0.15, 0.2) is 0 Å². The number of hydrogen-bond acceptors (Lipinski definition) is 3. The van der Waals surface area contributed by atoms with Gasteiger partial charge in [-0.15, -0.1) is 23.1 Å². The number of amides is 1. The zero-order valence-corrected chi connectivity index (χ0v) is 13.5. The standard InChI is InChI=1S/C18H15NOS2/c20-18(13-22-14-7-2-1-3-8-14)19-16-10-5-4-9-15(16)17-11-6-12-21-17/h1-12H,13H2,(H,19,20). The Balaban J connectivity index is 1.67. The van der Waals surface area contributed by atoms with Crippen molar-refractivity contribution >= 4 is 34.7 Å². The summed E-state index contributed by atoms with van der Waals surface area (Å²) in [5, 5.41) is 5.06. The number of rotatable bonds is 5. The van der Waals surface area contributed by atoms with Crippen LogP contribution in [0.2, 0.25) is 0 Å². The first kappa shape index (κ1) is 14.9. The second kappa shape index (κ2) is 7.29. The smallest absolute Gasteiger partial charge is 0.234 e. The summed E-state index contributed by atoms with van der Waals surface area (Å²) in [6.07, 6.45) is 0. The predicted octanol–water partition coefficient (Wildman–Crippen LogP) is 5.15. The van der Waals surface area contributed by atoms with Crippen molar-refractivity contribution in [3.63, 3.8) is 0 Å². The van der Waals surface area contributed by atoms with Crippen molar-refractivity contribution in [2.45, 2.75) is 4.90 Å². The van der Waals surface area contributed by atoms with Crippen molar-refractivity contribution in [1.29, 1.82) is 0 Å². The molecular formula is C18H15NOS2. The number of hydrogen-bond donors (Lipinski definition) is 1. The lowest BCUT2D eigenvalue weighted by Crippen LogP contribution is -2.14. The molecule has 0 atom stereocenters. The zero-order chi connectivity index (χ0) is 15.2. The predicted molar refractivity (Wildman–Crippen MR) is 95.6 cm³/mol. The van der Waals surface area contributed by atoms with Crippen LogP contribution in [0.3, 0.4) is 0 Å². The number of anilines is 1. The van der Waals surface area contributed by atoms with Crippen molar-refractivity contribution < 1.29 is 4.79 Å². The summed E-state index contributed by atoms with van der Waals surface area (Å²) < 4.78 is 0. The van der Waals surface area contributed by atoms with Gasteiger partial charge in [0.1, 0.15) is 0 Å². The minimum absolute atomic E-state index is 0.0119. The summed E-state index contributed by atoms with van der Waals surface area (Å²) >= 11 is 3.21. The van der Waals surface area contributed by atoms with Crippen molar-refractivity contribution in [2.24, 2.45) is 0 Å². The van der Waals surface area contributed by atoms with E-state index < -0.39 is 0 Å². The lowest BCUT2D eigenvalue weighted by atomic mass is 10.1. The van der Waals surface area contributed by atoms with E-state index in [4.69, 9.17) is 0 Å². The topological polar surface area (TPSA) is 29.1 Å². The first-order chi connectivity index (χ1) is 10.8. The van der Waals surface area contributed by atoms with Crippen LogP contribution in [0.15, 0.2) is 77.0 Å². The van der Waals surface area contributed by atoms with Crippen LogP contribution < -0.4 is 5.32 Å². The maximum atomic E-state index is 12.2. The summed E-state index contributed by atoms with van der Waals surface area (Å²) in [6, 6.07) is 21.9.